The monoisotopic (exact) mass is 591 g/mol. The fourth-order valence-electron chi connectivity index (χ4n) is 5.25. The minimum atomic E-state index is -5.61. The van der Waals surface area contributed by atoms with Crippen molar-refractivity contribution >= 4 is 21.7 Å². The Kier molecular flexibility index (Phi) is 8.66. The van der Waals surface area contributed by atoms with Crippen LogP contribution in [0.1, 0.15) is 49.3 Å². The number of amides is 1. The maximum absolute atomic E-state index is 13.8. The molecule has 0 bridgehead atoms. The van der Waals surface area contributed by atoms with E-state index in [0.29, 0.717) is 24.4 Å². The van der Waals surface area contributed by atoms with Crippen LogP contribution in [-0.4, -0.2) is 76.8 Å². The number of nitrogens with one attached hydrogen (secondary N) is 1. The molecule has 2 N–H and O–H groups in total. The third kappa shape index (κ3) is 5.91. The van der Waals surface area contributed by atoms with Crippen LogP contribution in [0.2, 0.25) is 0 Å². The van der Waals surface area contributed by atoms with Gasteiger partial charge < -0.3 is 4.90 Å². The highest BCUT2D eigenvalue weighted by Gasteiger charge is 2.57. The molecule has 0 radical (unpaired) electrons. The maximum atomic E-state index is 13.8. The topological polar surface area (TPSA) is 116 Å². The van der Waals surface area contributed by atoms with Gasteiger partial charge in [0.05, 0.1) is 0 Å². The highest BCUT2D eigenvalue weighted by molar-refractivity contribution is 7.91. The number of sulfonamides is 1. The first-order valence-corrected chi connectivity index (χ1v) is 14.2. The molecule has 220 valence electrons. The number of hydrogen-bond acceptors (Lipinski definition) is 7. The van der Waals surface area contributed by atoms with E-state index in [2.05, 4.69) is 9.97 Å². The van der Waals surface area contributed by atoms with Gasteiger partial charge in [0.15, 0.2) is 4.75 Å². The quantitative estimate of drug-likeness (QED) is 0.274. The Morgan fingerprint density at radius 1 is 1.02 bits per heavy atom. The fraction of sp³-hybridized carbons (Fsp3) is 0.560. The van der Waals surface area contributed by atoms with Crippen molar-refractivity contribution in [1.29, 1.82) is 0 Å². The molecule has 0 aromatic carbocycles. The van der Waals surface area contributed by atoms with Crippen molar-refractivity contribution in [3.05, 3.63) is 54.0 Å². The molecular formula is C25H30F5N5O4S. The second-order valence-electron chi connectivity index (χ2n) is 10.1. The summed E-state index contributed by atoms with van der Waals surface area (Å²) >= 11 is 0. The van der Waals surface area contributed by atoms with Gasteiger partial charge in [-0.05, 0) is 55.9 Å². The zero-order valence-corrected chi connectivity index (χ0v) is 22.3. The minimum absolute atomic E-state index is 0.0470. The zero-order valence-electron chi connectivity index (χ0n) is 21.4. The Balaban J connectivity index is 1.39. The molecule has 0 aliphatic carbocycles. The van der Waals surface area contributed by atoms with E-state index in [1.54, 1.807) is 35.9 Å². The van der Waals surface area contributed by atoms with Crippen LogP contribution >= 0.6 is 0 Å². The molecule has 2 aliphatic rings. The summed E-state index contributed by atoms with van der Waals surface area (Å²) in [6.45, 7) is 0.675. The lowest BCUT2D eigenvalue weighted by Crippen LogP contribution is -2.62. The number of pyridine rings is 2. The highest BCUT2D eigenvalue weighted by atomic mass is 32.2. The van der Waals surface area contributed by atoms with Crippen molar-refractivity contribution in [2.24, 2.45) is 0 Å². The van der Waals surface area contributed by atoms with Crippen LogP contribution in [0.3, 0.4) is 0 Å². The average Bonchev–Trinajstić information content (AvgIpc) is 2.96. The highest BCUT2D eigenvalue weighted by Crippen LogP contribution is 2.40. The summed E-state index contributed by atoms with van der Waals surface area (Å²) in [6, 6.07) is 8.36. The van der Waals surface area contributed by atoms with E-state index < -0.39 is 45.6 Å². The molecule has 2 aliphatic heterocycles. The number of rotatable bonds is 8. The molecule has 4 heterocycles. The Morgan fingerprint density at radius 3 is 2.23 bits per heavy atom. The number of piperidine rings is 2. The standard InChI is InChI=1S/C25H30F5N5O4S/c26-24(27,25(28,29)30)9-6-18-4-5-20(32-17-18)19-7-13-35(14-8-19)40(38,39)23(22(36)33-37)10-15-34(16-11-23)21-3-1-2-12-31-21/h1-5,12,17,19,37H,6-11,13-16H2,(H,33,36). The predicted molar refractivity (Wildman–Crippen MR) is 134 cm³/mol. The number of hydrogen-bond donors (Lipinski definition) is 2. The Labute approximate surface area is 228 Å². The summed E-state index contributed by atoms with van der Waals surface area (Å²) in [4.78, 5) is 23.2. The van der Waals surface area contributed by atoms with Gasteiger partial charge >= 0.3 is 12.1 Å². The zero-order chi connectivity index (χ0) is 29.2. The van der Waals surface area contributed by atoms with E-state index in [1.807, 2.05) is 4.90 Å². The number of carbonyl (C=O) groups excluding carboxylic acids is 1. The number of anilines is 1. The first-order chi connectivity index (χ1) is 18.8. The van der Waals surface area contributed by atoms with Crippen LogP contribution in [0.5, 0.6) is 0 Å². The van der Waals surface area contributed by atoms with Crippen LogP contribution in [-0.2, 0) is 21.2 Å². The number of hydroxylamine groups is 1. The predicted octanol–water partition coefficient (Wildman–Crippen LogP) is 3.66. The number of aryl methyl sites for hydroxylation is 1. The molecule has 0 spiro atoms. The van der Waals surface area contributed by atoms with E-state index in [-0.39, 0.29) is 50.5 Å². The van der Waals surface area contributed by atoms with Gasteiger partial charge in [0.2, 0.25) is 10.0 Å². The lowest BCUT2D eigenvalue weighted by atomic mass is 9.93. The van der Waals surface area contributed by atoms with Gasteiger partial charge in [0, 0.05) is 56.6 Å². The van der Waals surface area contributed by atoms with Gasteiger partial charge in [0.1, 0.15) is 5.82 Å². The maximum Gasteiger partial charge on any atom is 0.453 e. The van der Waals surface area contributed by atoms with E-state index in [4.69, 9.17) is 0 Å². The Morgan fingerprint density at radius 2 is 1.70 bits per heavy atom. The van der Waals surface area contributed by atoms with Crippen molar-refractivity contribution in [3.8, 4) is 0 Å². The molecule has 2 aromatic heterocycles. The van der Waals surface area contributed by atoms with Gasteiger partial charge in [0.25, 0.3) is 5.91 Å². The van der Waals surface area contributed by atoms with Crippen LogP contribution in [0.4, 0.5) is 27.8 Å². The second-order valence-corrected chi connectivity index (χ2v) is 12.3. The van der Waals surface area contributed by atoms with E-state index in [0.717, 1.165) is 0 Å². The molecular weight excluding hydrogens is 561 g/mol. The SMILES string of the molecule is O=C(NO)C1(S(=O)(=O)N2CCC(c3ccc(CCC(F)(F)C(F)(F)F)cn3)CC2)CCN(c2ccccn2)CC1. The number of halogens is 5. The van der Waals surface area contributed by atoms with Crippen molar-refractivity contribution in [3.63, 3.8) is 0 Å². The van der Waals surface area contributed by atoms with Gasteiger partial charge in [-0.25, -0.2) is 23.2 Å². The molecule has 2 aromatic rings. The minimum Gasteiger partial charge on any atom is -0.356 e. The molecule has 9 nitrogen and oxygen atoms in total. The van der Waals surface area contributed by atoms with Gasteiger partial charge in [-0.2, -0.15) is 22.0 Å². The lowest BCUT2D eigenvalue weighted by Gasteiger charge is -2.43. The summed E-state index contributed by atoms with van der Waals surface area (Å²) in [7, 11) is -4.18. The van der Waals surface area contributed by atoms with Gasteiger partial charge in [-0.3, -0.25) is 15.0 Å². The third-order valence-electron chi connectivity index (χ3n) is 7.76. The second kappa shape index (κ2) is 11.5. The van der Waals surface area contributed by atoms with Gasteiger partial charge in [-0.1, -0.05) is 12.1 Å². The Hall–Kier alpha value is -2.91. The Bertz CT molecular complexity index is 1260. The van der Waals surface area contributed by atoms with Crippen LogP contribution < -0.4 is 10.4 Å². The van der Waals surface area contributed by atoms with Crippen LogP contribution in [0, 0.1) is 0 Å². The van der Waals surface area contributed by atoms with Crippen molar-refractivity contribution in [1.82, 2.24) is 19.8 Å². The van der Waals surface area contributed by atoms with Crippen molar-refractivity contribution in [2.75, 3.05) is 31.1 Å². The normalized spacial score (nSPS) is 19.4. The summed E-state index contributed by atoms with van der Waals surface area (Å²) in [6.07, 6.45) is -3.96. The molecule has 1 amide bonds. The molecule has 4 rings (SSSR count). The summed E-state index contributed by atoms with van der Waals surface area (Å²) in [5.41, 5.74) is 2.36. The van der Waals surface area contributed by atoms with Crippen molar-refractivity contribution in [2.45, 2.75) is 61.3 Å². The number of aromatic nitrogens is 2. The number of carbonyl (C=O) groups is 1. The van der Waals surface area contributed by atoms with E-state index in [1.165, 1.54) is 16.6 Å². The van der Waals surface area contributed by atoms with Crippen LogP contribution in [0.25, 0.3) is 0 Å². The summed E-state index contributed by atoms with van der Waals surface area (Å²) in [5, 5.41) is 9.42. The smallest absolute Gasteiger partial charge is 0.356 e. The number of alkyl halides is 5. The molecule has 2 saturated heterocycles. The first kappa shape index (κ1) is 30.1. The third-order valence-corrected chi connectivity index (χ3v) is 10.4. The molecule has 15 heteroatoms. The van der Waals surface area contributed by atoms with E-state index in [9.17, 15) is 40.4 Å². The van der Waals surface area contributed by atoms with Gasteiger partial charge in [-0.15, -0.1) is 0 Å². The largest absolute Gasteiger partial charge is 0.453 e. The van der Waals surface area contributed by atoms with Crippen molar-refractivity contribution < 1.29 is 40.4 Å². The molecule has 0 unspecified atom stereocenters. The van der Waals surface area contributed by atoms with E-state index >= 15 is 0 Å². The molecule has 2 fully saturated rings. The fourth-order valence-corrected chi connectivity index (χ4v) is 7.41. The molecule has 0 saturated carbocycles. The first-order valence-electron chi connectivity index (χ1n) is 12.8. The van der Waals surface area contributed by atoms with Crippen LogP contribution in [0.15, 0.2) is 42.7 Å². The molecule has 40 heavy (non-hydrogen) atoms. The summed E-state index contributed by atoms with van der Waals surface area (Å²) in [5.74, 6) is -5.27. The average molecular weight is 592 g/mol. The summed E-state index contributed by atoms with van der Waals surface area (Å²) < 4.78 is 90.6. The molecule has 0 atom stereocenters. The lowest BCUT2D eigenvalue weighted by molar-refractivity contribution is -0.284. The number of nitrogens with zero attached hydrogens (tertiary/aromatic N) is 4.